The van der Waals surface area contributed by atoms with Gasteiger partial charge in [-0.15, -0.1) is 0 Å². The molecule has 1 heterocycles. The van der Waals surface area contributed by atoms with Gasteiger partial charge < -0.3 is 0 Å². The summed E-state index contributed by atoms with van der Waals surface area (Å²) in [7, 11) is -4.13. The normalized spacial score (nSPS) is 11.3. The van der Waals surface area contributed by atoms with Crippen LogP contribution >= 0.6 is 0 Å². The Morgan fingerprint density at radius 1 is 0.862 bits per heavy atom. The van der Waals surface area contributed by atoms with Gasteiger partial charge in [-0.1, -0.05) is 24.3 Å². The molecule has 4 aromatic rings. The van der Waals surface area contributed by atoms with Gasteiger partial charge in [-0.2, -0.15) is 5.26 Å². The SMILES string of the molecule is N#Cc1cccc(S(=O)(=O)c2cc(-c3ccccc3F)c3ccc(F)cc3n2)c1. The summed E-state index contributed by atoms with van der Waals surface area (Å²) in [5.74, 6) is -1.13. The minimum atomic E-state index is -4.13. The largest absolute Gasteiger partial charge is 0.236 e. The molecule has 0 bridgehead atoms. The summed E-state index contributed by atoms with van der Waals surface area (Å²) >= 11 is 0. The lowest BCUT2D eigenvalue weighted by atomic mass is 10.0. The molecule has 0 amide bonds. The molecule has 0 saturated carbocycles. The van der Waals surface area contributed by atoms with Crippen molar-refractivity contribution >= 4 is 20.7 Å². The van der Waals surface area contributed by atoms with Gasteiger partial charge in [-0.3, -0.25) is 0 Å². The van der Waals surface area contributed by atoms with Crippen molar-refractivity contribution in [3.8, 4) is 17.2 Å². The third-order valence-electron chi connectivity index (χ3n) is 4.46. The number of rotatable bonds is 3. The van der Waals surface area contributed by atoms with E-state index in [2.05, 4.69) is 4.98 Å². The van der Waals surface area contributed by atoms with E-state index in [1.807, 2.05) is 6.07 Å². The number of nitriles is 1. The summed E-state index contributed by atoms with van der Waals surface area (Å²) in [4.78, 5) is 4.00. The van der Waals surface area contributed by atoms with Crippen LogP contribution in [-0.4, -0.2) is 13.4 Å². The first kappa shape index (κ1) is 18.7. The first-order chi connectivity index (χ1) is 13.9. The van der Waals surface area contributed by atoms with E-state index in [1.54, 1.807) is 6.07 Å². The zero-order valence-electron chi connectivity index (χ0n) is 14.8. The van der Waals surface area contributed by atoms with E-state index >= 15 is 0 Å². The maximum absolute atomic E-state index is 14.5. The average molecular weight is 406 g/mol. The van der Waals surface area contributed by atoms with Gasteiger partial charge in [0.25, 0.3) is 0 Å². The number of hydrogen-bond acceptors (Lipinski definition) is 4. The molecule has 0 aliphatic rings. The van der Waals surface area contributed by atoms with Crippen molar-refractivity contribution < 1.29 is 17.2 Å². The quantitative estimate of drug-likeness (QED) is 0.486. The smallest absolute Gasteiger partial charge is 0.223 e. The summed E-state index contributed by atoms with van der Waals surface area (Å²) in [6, 6.07) is 18.3. The summed E-state index contributed by atoms with van der Waals surface area (Å²) in [6.07, 6.45) is 0. The maximum Gasteiger partial charge on any atom is 0.223 e. The van der Waals surface area contributed by atoms with Crippen LogP contribution in [0.1, 0.15) is 5.56 Å². The Labute approximate surface area is 165 Å². The molecule has 0 atom stereocenters. The van der Waals surface area contributed by atoms with Gasteiger partial charge in [-0.05, 0) is 48.0 Å². The monoisotopic (exact) mass is 406 g/mol. The molecule has 0 aliphatic carbocycles. The molecule has 3 aromatic carbocycles. The second-order valence-electron chi connectivity index (χ2n) is 6.29. The maximum atomic E-state index is 14.5. The topological polar surface area (TPSA) is 70.8 Å². The molecule has 0 N–H and O–H groups in total. The lowest BCUT2D eigenvalue weighted by Crippen LogP contribution is -2.06. The fraction of sp³-hybridized carbons (Fsp3) is 0. The number of sulfone groups is 1. The van der Waals surface area contributed by atoms with Crippen LogP contribution in [0.15, 0.2) is 82.7 Å². The third kappa shape index (κ3) is 3.35. The highest BCUT2D eigenvalue weighted by molar-refractivity contribution is 7.91. The van der Waals surface area contributed by atoms with Gasteiger partial charge in [0, 0.05) is 17.0 Å². The van der Waals surface area contributed by atoms with E-state index < -0.39 is 21.5 Å². The van der Waals surface area contributed by atoms with Gasteiger partial charge in [0.1, 0.15) is 11.6 Å². The van der Waals surface area contributed by atoms with Crippen LogP contribution in [0.5, 0.6) is 0 Å². The van der Waals surface area contributed by atoms with Crippen molar-refractivity contribution in [3.05, 3.63) is 90.0 Å². The molecule has 0 unspecified atom stereocenters. The van der Waals surface area contributed by atoms with Crippen molar-refractivity contribution in [3.63, 3.8) is 0 Å². The fourth-order valence-corrected chi connectivity index (χ4v) is 4.34. The minimum absolute atomic E-state index is 0.0840. The van der Waals surface area contributed by atoms with E-state index in [0.717, 1.165) is 6.07 Å². The highest BCUT2D eigenvalue weighted by Crippen LogP contribution is 2.33. The van der Waals surface area contributed by atoms with Gasteiger partial charge in [-0.25, -0.2) is 22.2 Å². The van der Waals surface area contributed by atoms with E-state index in [9.17, 15) is 17.2 Å². The fourth-order valence-electron chi connectivity index (χ4n) is 3.07. The first-order valence-corrected chi connectivity index (χ1v) is 9.99. The predicted octanol–water partition coefficient (Wildman–Crippen LogP) is 4.88. The molecular weight excluding hydrogens is 394 g/mol. The summed E-state index contributed by atoms with van der Waals surface area (Å²) in [5.41, 5.74) is 0.713. The predicted molar refractivity (Wildman–Crippen MR) is 104 cm³/mol. The van der Waals surface area contributed by atoms with Crippen molar-refractivity contribution in [2.75, 3.05) is 0 Å². The number of pyridine rings is 1. The molecule has 1 aromatic heterocycles. The Kier molecular flexibility index (Phi) is 4.57. The van der Waals surface area contributed by atoms with Crippen LogP contribution in [0.25, 0.3) is 22.0 Å². The molecular formula is C22H12F2N2O2S. The summed E-state index contributed by atoms with van der Waals surface area (Å²) < 4.78 is 54.5. The van der Waals surface area contributed by atoms with E-state index in [1.165, 1.54) is 60.7 Å². The van der Waals surface area contributed by atoms with E-state index in [-0.39, 0.29) is 32.1 Å². The second-order valence-corrected chi connectivity index (χ2v) is 8.19. The number of hydrogen-bond donors (Lipinski definition) is 0. The standard InChI is InChI=1S/C22H12F2N2O2S/c23-15-8-9-18-19(17-6-1-2-7-20(17)24)12-22(26-21(18)11-15)29(27,28)16-5-3-4-14(10-16)13-25/h1-12H. The Bertz CT molecular complexity index is 1410. The Hall–Kier alpha value is -3.63. The van der Waals surface area contributed by atoms with E-state index in [4.69, 9.17) is 5.26 Å². The molecule has 7 heteroatoms. The van der Waals surface area contributed by atoms with Crippen LogP contribution in [0.4, 0.5) is 8.78 Å². The summed E-state index contributed by atoms with van der Waals surface area (Å²) in [6.45, 7) is 0. The van der Waals surface area contributed by atoms with Gasteiger partial charge in [0.05, 0.1) is 22.0 Å². The zero-order valence-corrected chi connectivity index (χ0v) is 15.6. The minimum Gasteiger partial charge on any atom is -0.236 e. The van der Waals surface area contributed by atoms with Crippen LogP contribution in [-0.2, 0) is 9.84 Å². The molecule has 0 aliphatic heterocycles. The number of aromatic nitrogens is 1. The molecule has 142 valence electrons. The third-order valence-corrected chi connectivity index (χ3v) is 6.10. The summed E-state index contributed by atoms with van der Waals surface area (Å²) in [5, 5.41) is 9.11. The van der Waals surface area contributed by atoms with Crippen LogP contribution in [0, 0.1) is 23.0 Å². The lowest BCUT2D eigenvalue weighted by molar-refractivity contribution is 0.592. The number of nitrogens with zero attached hydrogens (tertiary/aromatic N) is 2. The van der Waals surface area contributed by atoms with Crippen molar-refractivity contribution in [2.24, 2.45) is 0 Å². The Morgan fingerprint density at radius 2 is 1.66 bits per heavy atom. The molecule has 4 rings (SSSR count). The first-order valence-electron chi connectivity index (χ1n) is 8.50. The van der Waals surface area contributed by atoms with Gasteiger partial charge in [0.2, 0.25) is 9.84 Å². The molecule has 0 spiro atoms. The Morgan fingerprint density at radius 3 is 2.41 bits per heavy atom. The number of halogens is 2. The van der Waals surface area contributed by atoms with Crippen LogP contribution < -0.4 is 0 Å². The van der Waals surface area contributed by atoms with E-state index in [0.29, 0.717) is 5.39 Å². The van der Waals surface area contributed by atoms with Crippen molar-refractivity contribution in [1.82, 2.24) is 4.98 Å². The average Bonchev–Trinajstić information content (AvgIpc) is 2.73. The molecule has 29 heavy (non-hydrogen) atoms. The van der Waals surface area contributed by atoms with Gasteiger partial charge >= 0.3 is 0 Å². The molecule has 4 nitrogen and oxygen atoms in total. The highest BCUT2D eigenvalue weighted by Gasteiger charge is 2.23. The highest BCUT2D eigenvalue weighted by atomic mass is 32.2. The Balaban J connectivity index is 2.03. The molecule has 0 saturated heterocycles. The number of benzene rings is 3. The van der Waals surface area contributed by atoms with Crippen molar-refractivity contribution in [1.29, 1.82) is 5.26 Å². The number of fused-ring (bicyclic) bond motifs is 1. The second kappa shape index (κ2) is 7.08. The lowest BCUT2D eigenvalue weighted by Gasteiger charge is -2.12. The van der Waals surface area contributed by atoms with Crippen LogP contribution in [0.3, 0.4) is 0 Å². The molecule has 0 fully saturated rings. The van der Waals surface area contributed by atoms with Gasteiger partial charge in [0.15, 0.2) is 5.03 Å². The zero-order chi connectivity index (χ0) is 20.6. The van der Waals surface area contributed by atoms with Crippen molar-refractivity contribution in [2.45, 2.75) is 9.92 Å². The van der Waals surface area contributed by atoms with Crippen LogP contribution in [0.2, 0.25) is 0 Å². The molecule has 0 radical (unpaired) electrons.